The quantitative estimate of drug-likeness (QED) is 0.325. The Kier molecular flexibility index (Phi) is 9.39. The number of urea groups is 1. The molecule has 0 saturated heterocycles. The number of benzene rings is 2. The lowest BCUT2D eigenvalue weighted by Crippen LogP contribution is -2.47. The summed E-state index contributed by atoms with van der Waals surface area (Å²) in [5.74, 6) is -0.116. The predicted octanol–water partition coefficient (Wildman–Crippen LogP) is 7.22. The van der Waals surface area contributed by atoms with Crippen molar-refractivity contribution in [2.24, 2.45) is 0 Å². The molecule has 1 atom stereocenters. The molecule has 5 nitrogen and oxygen atoms in total. The molecular weight excluding hydrogens is 489 g/mol. The van der Waals surface area contributed by atoms with Crippen molar-refractivity contribution >= 4 is 52.2 Å². The summed E-state index contributed by atoms with van der Waals surface area (Å²) in [5, 5.41) is 5.69. The molecule has 1 unspecified atom stereocenters. The van der Waals surface area contributed by atoms with Gasteiger partial charge < -0.3 is 15.1 Å². The first-order valence-electron chi connectivity index (χ1n) is 11.2. The van der Waals surface area contributed by atoms with Crippen LogP contribution < -0.4 is 5.32 Å². The lowest BCUT2D eigenvalue weighted by molar-refractivity contribution is -0.133. The number of nitrogens with one attached hydrogen (secondary N) is 1. The Morgan fingerprint density at radius 3 is 2.41 bits per heavy atom. The van der Waals surface area contributed by atoms with Crippen LogP contribution in [-0.2, 0) is 17.9 Å². The normalized spacial score (nSPS) is 11.7. The first kappa shape index (κ1) is 26.1. The van der Waals surface area contributed by atoms with Gasteiger partial charge in [0, 0.05) is 22.5 Å². The molecule has 3 amide bonds. The van der Waals surface area contributed by atoms with Crippen molar-refractivity contribution in [1.82, 2.24) is 9.80 Å². The molecule has 0 spiro atoms. The molecule has 0 aliphatic carbocycles. The second-order valence-corrected chi connectivity index (χ2v) is 10.0. The molecule has 3 rings (SSSR count). The van der Waals surface area contributed by atoms with Gasteiger partial charge >= 0.3 is 6.03 Å². The molecule has 34 heavy (non-hydrogen) atoms. The molecule has 0 saturated carbocycles. The zero-order chi connectivity index (χ0) is 24.7. The van der Waals surface area contributed by atoms with Gasteiger partial charge in [-0.3, -0.25) is 4.79 Å². The Labute approximate surface area is 215 Å². The zero-order valence-electron chi connectivity index (χ0n) is 19.6. The minimum absolute atomic E-state index is 0.0384. The molecular formula is C26H29Cl2N3O2S. The van der Waals surface area contributed by atoms with E-state index >= 15 is 0 Å². The third-order valence-corrected chi connectivity index (χ3v) is 7.29. The molecule has 8 heteroatoms. The Morgan fingerprint density at radius 1 is 1.06 bits per heavy atom. The number of thiophene rings is 1. The standard InChI is InChI=1S/C26H29Cl2N3O2S/c1-4-19(3)31(26(33)29-23-11-10-21(27)14-22(23)28)17-25(32)30(15-20-8-6-5-7-9-20)16-24-18(2)12-13-34-24/h5-14,19H,4,15-17H2,1-3H3,(H,29,33). The van der Waals surface area contributed by atoms with Crippen molar-refractivity contribution < 1.29 is 9.59 Å². The van der Waals surface area contributed by atoms with Crippen LogP contribution in [0.15, 0.2) is 60.0 Å². The molecule has 0 aliphatic rings. The number of nitrogens with zero attached hydrogens (tertiary/aromatic N) is 2. The predicted molar refractivity (Wildman–Crippen MR) is 142 cm³/mol. The van der Waals surface area contributed by atoms with E-state index in [1.807, 2.05) is 61.4 Å². The summed E-state index contributed by atoms with van der Waals surface area (Å²) < 4.78 is 0. The maximum Gasteiger partial charge on any atom is 0.322 e. The van der Waals surface area contributed by atoms with Gasteiger partial charge in [-0.2, -0.15) is 0 Å². The fourth-order valence-corrected chi connectivity index (χ4v) is 4.82. The number of carbonyl (C=O) groups excluding carboxylic acids is 2. The van der Waals surface area contributed by atoms with Crippen LogP contribution in [0.1, 0.15) is 36.3 Å². The van der Waals surface area contributed by atoms with Crippen LogP contribution in [0, 0.1) is 6.92 Å². The van der Waals surface area contributed by atoms with Crippen LogP contribution >= 0.6 is 34.5 Å². The van der Waals surface area contributed by atoms with Crippen molar-refractivity contribution in [2.45, 2.75) is 46.3 Å². The van der Waals surface area contributed by atoms with E-state index in [-0.39, 0.29) is 24.5 Å². The summed E-state index contributed by atoms with van der Waals surface area (Å²) in [5.41, 5.74) is 2.65. The maximum atomic E-state index is 13.5. The molecule has 0 fully saturated rings. The molecule has 0 bridgehead atoms. The number of anilines is 1. The van der Waals surface area contributed by atoms with Gasteiger partial charge in [0.1, 0.15) is 6.54 Å². The Bertz CT molecular complexity index is 1120. The third-order valence-electron chi connectivity index (χ3n) is 5.73. The Morgan fingerprint density at radius 2 is 1.79 bits per heavy atom. The van der Waals surface area contributed by atoms with Gasteiger partial charge in [-0.25, -0.2) is 4.79 Å². The molecule has 0 aliphatic heterocycles. The largest absolute Gasteiger partial charge is 0.332 e. The molecule has 1 heterocycles. The van der Waals surface area contributed by atoms with Gasteiger partial charge in [0.2, 0.25) is 5.91 Å². The summed E-state index contributed by atoms with van der Waals surface area (Å²) in [6, 6.07) is 16.3. The van der Waals surface area contributed by atoms with Crippen LogP contribution in [0.2, 0.25) is 10.0 Å². The fourth-order valence-electron chi connectivity index (χ4n) is 3.45. The van der Waals surface area contributed by atoms with E-state index in [4.69, 9.17) is 23.2 Å². The first-order valence-corrected chi connectivity index (χ1v) is 12.8. The van der Waals surface area contributed by atoms with Gasteiger partial charge in [0.15, 0.2) is 0 Å². The number of amides is 3. The van der Waals surface area contributed by atoms with Crippen molar-refractivity contribution in [3.8, 4) is 0 Å². The van der Waals surface area contributed by atoms with Crippen LogP contribution in [0.25, 0.3) is 0 Å². The van der Waals surface area contributed by atoms with Crippen LogP contribution in [0.3, 0.4) is 0 Å². The van der Waals surface area contributed by atoms with Gasteiger partial charge in [-0.05, 0) is 61.0 Å². The minimum atomic E-state index is -0.376. The number of rotatable bonds is 9. The second-order valence-electron chi connectivity index (χ2n) is 8.20. The van der Waals surface area contributed by atoms with Crippen LogP contribution in [-0.4, -0.2) is 34.3 Å². The minimum Gasteiger partial charge on any atom is -0.332 e. The smallest absolute Gasteiger partial charge is 0.322 e. The fraction of sp³-hybridized carbons (Fsp3) is 0.308. The van der Waals surface area contributed by atoms with E-state index in [1.54, 1.807) is 34.4 Å². The number of halogens is 2. The van der Waals surface area contributed by atoms with E-state index < -0.39 is 0 Å². The number of hydrogen-bond acceptors (Lipinski definition) is 3. The van der Waals surface area contributed by atoms with Crippen molar-refractivity contribution in [3.05, 3.63) is 86.0 Å². The SMILES string of the molecule is CCC(C)N(CC(=O)N(Cc1ccccc1)Cc1sccc1C)C(=O)Nc1ccc(Cl)cc1Cl. The monoisotopic (exact) mass is 517 g/mol. The highest BCUT2D eigenvalue weighted by Crippen LogP contribution is 2.26. The van der Waals surface area contributed by atoms with Crippen LogP contribution in [0.4, 0.5) is 10.5 Å². The Balaban J connectivity index is 1.80. The highest BCUT2D eigenvalue weighted by molar-refractivity contribution is 7.10. The second kappa shape index (κ2) is 12.2. The van der Waals surface area contributed by atoms with Crippen molar-refractivity contribution in [3.63, 3.8) is 0 Å². The van der Waals surface area contributed by atoms with E-state index in [1.165, 1.54) is 0 Å². The summed E-state index contributed by atoms with van der Waals surface area (Å²) in [6.07, 6.45) is 0.706. The molecule has 3 aromatic rings. The lowest BCUT2D eigenvalue weighted by atomic mass is 10.2. The van der Waals surface area contributed by atoms with E-state index in [2.05, 4.69) is 11.4 Å². The molecule has 0 radical (unpaired) electrons. The van der Waals surface area contributed by atoms with Gasteiger partial charge in [-0.15, -0.1) is 11.3 Å². The van der Waals surface area contributed by atoms with E-state index in [0.717, 1.165) is 16.0 Å². The average Bonchev–Trinajstić information content (AvgIpc) is 3.23. The molecule has 180 valence electrons. The zero-order valence-corrected chi connectivity index (χ0v) is 21.9. The average molecular weight is 519 g/mol. The highest BCUT2D eigenvalue weighted by atomic mass is 35.5. The van der Waals surface area contributed by atoms with Gasteiger partial charge in [0.05, 0.1) is 17.3 Å². The van der Waals surface area contributed by atoms with Crippen molar-refractivity contribution in [2.75, 3.05) is 11.9 Å². The Hall–Kier alpha value is -2.54. The van der Waals surface area contributed by atoms with Gasteiger partial charge in [0.25, 0.3) is 0 Å². The van der Waals surface area contributed by atoms with Crippen molar-refractivity contribution in [1.29, 1.82) is 0 Å². The number of hydrogen-bond donors (Lipinski definition) is 1. The number of carbonyl (C=O) groups is 2. The van der Waals surface area contributed by atoms with E-state index in [9.17, 15) is 9.59 Å². The summed E-state index contributed by atoms with van der Waals surface area (Å²) >= 11 is 13.8. The topological polar surface area (TPSA) is 52.7 Å². The molecule has 1 N–H and O–H groups in total. The van der Waals surface area contributed by atoms with Gasteiger partial charge in [-0.1, -0.05) is 60.5 Å². The van der Waals surface area contributed by atoms with Crippen LogP contribution in [0.5, 0.6) is 0 Å². The van der Waals surface area contributed by atoms with E-state index in [0.29, 0.717) is 35.2 Å². The maximum absolute atomic E-state index is 13.5. The molecule has 2 aromatic carbocycles. The summed E-state index contributed by atoms with van der Waals surface area (Å²) in [6.45, 7) is 6.89. The third kappa shape index (κ3) is 6.98. The highest BCUT2D eigenvalue weighted by Gasteiger charge is 2.26. The lowest BCUT2D eigenvalue weighted by Gasteiger charge is -2.31. The molecule has 1 aromatic heterocycles. The summed E-state index contributed by atoms with van der Waals surface area (Å²) in [7, 11) is 0. The first-order chi connectivity index (χ1) is 16.3. The number of aryl methyl sites for hydroxylation is 1. The summed E-state index contributed by atoms with van der Waals surface area (Å²) in [4.78, 5) is 31.3.